The summed E-state index contributed by atoms with van der Waals surface area (Å²) in [6, 6.07) is 2.40. The molecule has 2 rings (SSSR count). The maximum atomic E-state index is 12.3. The molecule has 0 fully saturated rings. The van der Waals surface area contributed by atoms with Gasteiger partial charge in [0, 0.05) is 6.07 Å². The van der Waals surface area contributed by atoms with Gasteiger partial charge in [-0.05, 0) is 6.42 Å². The summed E-state index contributed by atoms with van der Waals surface area (Å²) in [7, 11) is 2.73. The van der Waals surface area contributed by atoms with E-state index in [2.05, 4.69) is 15.5 Å². The molecule has 0 unspecified atom stereocenters. The number of amides is 1. The van der Waals surface area contributed by atoms with Crippen LogP contribution in [-0.2, 0) is 6.42 Å². The number of nitrogens with one attached hydrogen (secondary N) is 1. The number of carbonyl (C=O) groups excluding carboxylic acids is 1. The second-order valence-corrected chi connectivity index (χ2v) is 5.35. The topological polar surface area (TPSA) is 116 Å². The molecule has 0 bridgehead atoms. The van der Waals surface area contributed by atoms with Crippen molar-refractivity contribution in [3.05, 3.63) is 32.8 Å². The Morgan fingerprint density at radius 3 is 2.48 bits per heavy atom. The molecule has 23 heavy (non-hydrogen) atoms. The molecule has 1 heterocycles. The third-order valence-electron chi connectivity index (χ3n) is 2.93. The molecule has 1 aromatic carbocycles. The Bertz CT molecular complexity index is 746. The summed E-state index contributed by atoms with van der Waals surface area (Å²) in [6.45, 7) is 1.91. The molecule has 0 saturated heterocycles. The van der Waals surface area contributed by atoms with E-state index in [1.165, 1.54) is 31.6 Å². The molecule has 0 spiro atoms. The number of aryl methyl sites for hydroxylation is 1. The normalized spacial score (nSPS) is 10.2. The molecule has 10 heteroatoms. The highest BCUT2D eigenvalue weighted by Gasteiger charge is 2.25. The molecular formula is C13H14N4O5S. The number of hydrogen-bond donors (Lipinski definition) is 1. The zero-order valence-electron chi connectivity index (χ0n) is 12.7. The monoisotopic (exact) mass is 338 g/mol. The Kier molecular flexibility index (Phi) is 5.06. The van der Waals surface area contributed by atoms with Crippen molar-refractivity contribution in [3.8, 4) is 11.5 Å². The third-order valence-corrected chi connectivity index (χ3v) is 3.92. The lowest BCUT2D eigenvalue weighted by molar-refractivity contribution is -0.385. The van der Waals surface area contributed by atoms with Gasteiger partial charge >= 0.3 is 0 Å². The number of benzene rings is 1. The quantitative estimate of drug-likeness (QED) is 0.634. The average Bonchev–Trinajstić information content (AvgIpc) is 3.00. The average molecular weight is 338 g/mol. The fraction of sp³-hybridized carbons (Fsp3) is 0.308. The van der Waals surface area contributed by atoms with Crippen LogP contribution >= 0.6 is 11.3 Å². The molecular weight excluding hydrogens is 324 g/mol. The van der Waals surface area contributed by atoms with E-state index in [1.54, 1.807) is 0 Å². The first-order valence-electron chi connectivity index (χ1n) is 6.54. The van der Waals surface area contributed by atoms with Crippen molar-refractivity contribution in [1.29, 1.82) is 0 Å². The number of anilines is 1. The summed E-state index contributed by atoms with van der Waals surface area (Å²) >= 11 is 1.21. The van der Waals surface area contributed by atoms with Crippen molar-refractivity contribution in [2.24, 2.45) is 0 Å². The Morgan fingerprint density at radius 1 is 1.30 bits per heavy atom. The van der Waals surface area contributed by atoms with Gasteiger partial charge < -0.3 is 9.47 Å². The second kappa shape index (κ2) is 7.01. The fourth-order valence-corrected chi connectivity index (χ4v) is 2.49. The zero-order valence-corrected chi connectivity index (χ0v) is 13.5. The van der Waals surface area contributed by atoms with Crippen molar-refractivity contribution in [1.82, 2.24) is 10.2 Å². The standard InChI is InChI=1S/C13H14N4O5S/c1-4-11-15-16-13(23-11)14-12(18)7-5-9(21-2)10(22-3)6-8(7)17(19)20/h5-6H,4H2,1-3H3,(H,14,16,18). The van der Waals surface area contributed by atoms with Crippen molar-refractivity contribution in [3.63, 3.8) is 0 Å². The van der Waals surface area contributed by atoms with Crippen molar-refractivity contribution in [2.45, 2.75) is 13.3 Å². The van der Waals surface area contributed by atoms with E-state index in [0.29, 0.717) is 6.42 Å². The predicted molar refractivity (Wildman–Crippen MR) is 83.4 cm³/mol. The number of nitrogens with zero attached hydrogens (tertiary/aromatic N) is 3. The van der Waals surface area contributed by atoms with Crippen LogP contribution in [0.25, 0.3) is 0 Å². The first-order valence-corrected chi connectivity index (χ1v) is 7.35. The van der Waals surface area contributed by atoms with Crippen LogP contribution in [-0.4, -0.2) is 35.2 Å². The molecule has 0 saturated carbocycles. The van der Waals surface area contributed by atoms with Gasteiger partial charge in [0.05, 0.1) is 25.2 Å². The number of rotatable bonds is 6. The van der Waals surface area contributed by atoms with Crippen LogP contribution in [0.3, 0.4) is 0 Å². The molecule has 122 valence electrons. The lowest BCUT2D eigenvalue weighted by Crippen LogP contribution is -2.14. The summed E-state index contributed by atoms with van der Waals surface area (Å²) in [5.74, 6) is -0.286. The van der Waals surface area contributed by atoms with Gasteiger partial charge in [-0.15, -0.1) is 10.2 Å². The zero-order chi connectivity index (χ0) is 17.0. The second-order valence-electron chi connectivity index (χ2n) is 4.29. The molecule has 2 aromatic rings. The summed E-state index contributed by atoms with van der Waals surface area (Å²) in [5, 5.41) is 22.4. The van der Waals surface area contributed by atoms with Crippen LogP contribution in [0.4, 0.5) is 10.8 Å². The van der Waals surface area contributed by atoms with Gasteiger partial charge in [0.15, 0.2) is 11.5 Å². The SMILES string of the molecule is CCc1nnc(NC(=O)c2cc(OC)c(OC)cc2[N+](=O)[O-])s1. The highest BCUT2D eigenvalue weighted by molar-refractivity contribution is 7.15. The molecule has 1 aromatic heterocycles. The summed E-state index contributed by atoms with van der Waals surface area (Å²) < 4.78 is 10.1. The lowest BCUT2D eigenvalue weighted by atomic mass is 10.1. The number of carbonyl (C=O) groups is 1. The van der Waals surface area contributed by atoms with Crippen LogP contribution < -0.4 is 14.8 Å². The van der Waals surface area contributed by atoms with Gasteiger partial charge in [0.2, 0.25) is 5.13 Å². The maximum absolute atomic E-state index is 12.3. The molecule has 0 aliphatic carbocycles. The van der Waals surface area contributed by atoms with E-state index in [9.17, 15) is 14.9 Å². The number of methoxy groups -OCH3 is 2. The van der Waals surface area contributed by atoms with E-state index < -0.39 is 10.8 Å². The van der Waals surface area contributed by atoms with Gasteiger partial charge in [-0.3, -0.25) is 20.2 Å². The summed E-state index contributed by atoms with van der Waals surface area (Å²) in [6.07, 6.45) is 0.685. The minimum atomic E-state index is -0.670. The van der Waals surface area contributed by atoms with Crippen molar-refractivity contribution in [2.75, 3.05) is 19.5 Å². The van der Waals surface area contributed by atoms with Gasteiger partial charge in [-0.1, -0.05) is 18.3 Å². The first kappa shape index (κ1) is 16.6. The van der Waals surface area contributed by atoms with Gasteiger partial charge in [-0.2, -0.15) is 0 Å². The van der Waals surface area contributed by atoms with Crippen LogP contribution in [0.5, 0.6) is 11.5 Å². The number of ether oxygens (including phenoxy) is 2. The Labute approximate surface area is 135 Å². The minimum Gasteiger partial charge on any atom is -0.493 e. The van der Waals surface area contributed by atoms with Crippen LogP contribution in [0, 0.1) is 10.1 Å². The molecule has 0 radical (unpaired) electrons. The summed E-state index contributed by atoms with van der Waals surface area (Å²) in [5.41, 5.74) is -0.540. The molecule has 0 aliphatic heterocycles. The molecule has 0 aliphatic rings. The fourth-order valence-electron chi connectivity index (χ4n) is 1.81. The van der Waals surface area contributed by atoms with E-state index in [0.717, 1.165) is 11.1 Å². The number of nitro benzene ring substituents is 1. The summed E-state index contributed by atoms with van der Waals surface area (Å²) in [4.78, 5) is 22.9. The van der Waals surface area contributed by atoms with Gasteiger partial charge in [0.25, 0.3) is 11.6 Å². The predicted octanol–water partition coefficient (Wildman–Crippen LogP) is 2.28. The van der Waals surface area contributed by atoms with Crippen molar-refractivity contribution < 1.29 is 19.2 Å². The first-order chi connectivity index (χ1) is 11.0. The Balaban J connectivity index is 2.39. The third kappa shape index (κ3) is 3.54. The number of hydrogen-bond acceptors (Lipinski definition) is 8. The maximum Gasteiger partial charge on any atom is 0.286 e. The molecule has 1 N–H and O–H groups in total. The molecule has 9 nitrogen and oxygen atoms in total. The van der Waals surface area contributed by atoms with Crippen LogP contribution in [0.2, 0.25) is 0 Å². The van der Waals surface area contributed by atoms with Gasteiger partial charge in [-0.25, -0.2) is 0 Å². The Hall–Kier alpha value is -2.75. The number of nitro groups is 1. The van der Waals surface area contributed by atoms with E-state index in [1.807, 2.05) is 6.92 Å². The van der Waals surface area contributed by atoms with Crippen LogP contribution in [0.1, 0.15) is 22.3 Å². The van der Waals surface area contributed by atoms with E-state index in [4.69, 9.17) is 9.47 Å². The highest BCUT2D eigenvalue weighted by atomic mass is 32.1. The van der Waals surface area contributed by atoms with Crippen molar-refractivity contribution >= 4 is 28.1 Å². The van der Waals surface area contributed by atoms with E-state index in [-0.39, 0.29) is 27.9 Å². The van der Waals surface area contributed by atoms with Gasteiger partial charge in [0.1, 0.15) is 10.6 Å². The van der Waals surface area contributed by atoms with E-state index >= 15 is 0 Å². The largest absolute Gasteiger partial charge is 0.493 e. The van der Waals surface area contributed by atoms with Crippen LogP contribution in [0.15, 0.2) is 12.1 Å². The molecule has 0 atom stereocenters. The highest BCUT2D eigenvalue weighted by Crippen LogP contribution is 2.34. The molecule has 1 amide bonds. The number of aromatic nitrogens is 2. The lowest BCUT2D eigenvalue weighted by Gasteiger charge is -2.10. The smallest absolute Gasteiger partial charge is 0.286 e. The Morgan fingerprint density at radius 2 is 1.96 bits per heavy atom. The minimum absolute atomic E-state index is 0.152.